The monoisotopic (exact) mass is 478 g/mol. The highest BCUT2D eigenvalue weighted by Gasteiger charge is 2.35. The molecule has 7 nitrogen and oxygen atoms in total. The number of esters is 1. The number of aromatic nitrogens is 1. The number of carbonyl (C=O) groups excluding carboxylic acids is 1. The van der Waals surface area contributed by atoms with E-state index < -0.39 is 12.0 Å². The van der Waals surface area contributed by atoms with Crippen LogP contribution in [0.4, 0.5) is 0 Å². The van der Waals surface area contributed by atoms with Gasteiger partial charge in [-0.15, -0.1) is 0 Å². The van der Waals surface area contributed by atoms with Gasteiger partial charge in [-0.1, -0.05) is 35.6 Å². The van der Waals surface area contributed by atoms with Crippen LogP contribution in [0, 0.1) is 0 Å². The number of para-hydroxylation sites is 1. The molecule has 0 fully saturated rings. The predicted molar refractivity (Wildman–Crippen MR) is 131 cm³/mol. The summed E-state index contributed by atoms with van der Waals surface area (Å²) in [5, 5.41) is 0. The van der Waals surface area contributed by atoms with E-state index in [1.165, 1.54) is 11.3 Å². The molecule has 2 aromatic heterocycles. The number of hydrogen-bond acceptors (Lipinski definition) is 7. The summed E-state index contributed by atoms with van der Waals surface area (Å²) in [6.45, 7) is 7.59. The molecule has 176 valence electrons. The lowest BCUT2D eigenvalue weighted by Gasteiger charge is -2.26. The van der Waals surface area contributed by atoms with Crippen LogP contribution in [0.1, 0.15) is 45.1 Å². The Kier molecular flexibility index (Phi) is 6.98. The first kappa shape index (κ1) is 23.5. The maximum atomic E-state index is 13.6. The van der Waals surface area contributed by atoms with E-state index in [0.29, 0.717) is 37.7 Å². The van der Waals surface area contributed by atoms with Crippen LogP contribution in [0.25, 0.3) is 12.2 Å². The van der Waals surface area contributed by atoms with Crippen LogP contribution in [0.5, 0.6) is 5.75 Å². The Hall–Kier alpha value is -3.65. The summed E-state index contributed by atoms with van der Waals surface area (Å²) >= 11 is 1.27. The number of allylic oxidation sites excluding steroid dienone is 2. The van der Waals surface area contributed by atoms with Gasteiger partial charge in [-0.05, 0) is 58.0 Å². The maximum Gasteiger partial charge on any atom is 0.338 e. The Balaban J connectivity index is 1.91. The molecule has 3 heterocycles. The van der Waals surface area contributed by atoms with E-state index in [9.17, 15) is 9.59 Å². The molecule has 4 rings (SSSR count). The quantitative estimate of drug-likeness (QED) is 0.482. The second-order valence-corrected chi connectivity index (χ2v) is 8.91. The van der Waals surface area contributed by atoms with Gasteiger partial charge in [0.2, 0.25) is 0 Å². The number of furan rings is 1. The zero-order valence-electron chi connectivity index (χ0n) is 19.5. The molecule has 0 radical (unpaired) electrons. The molecular weight excluding hydrogens is 452 g/mol. The minimum absolute atomic E-state index is 0.0835. The van der Waals surface area contributed by atoms with Crippen LogP contribution >= 0.6 is 11.3 Å². The van der Waals surface area contributed by atoms with E-state index >= 15 is 0 Å². The molecule has 0 unspecified atom stereocenters. The molecular formula is C26H26N2O5S. The fraction of sp³-hybridized carbons (Fsp3) is 0.269. The van der Waals surface area contributed by atoms with E-state index in [-0.39, 0.29) is 18.3 Å². The summed E-state index contributed by atoms with van der Waals surface area (Å²) in [5.74, 6) is 0.786. The zero-order valence-corrected chi connectivity index (χ0v) is 20.3. The highest BCUT2D eigenvalue weighted by Crippen LogP contribution is 2.36. The number of benzene rings is 1. The van der Waals surface area contributed by atoms with Crippen molar-refractivity contribution in [2.45, 2.75) is 39.8 Å². The third kappa shape index (κ3) is 4.68. The SMILES string of the molecule is CCOC(=O)C1=C(C)N=c2s/c(=C/C=C/c3ccco3)c(=O)n2[C@H]1c1ccccc1OC(C)C. The molecule has 0 amide bonds. The summed E-state index contributed by atoms with van der Waals surface area (Å²) in [4.78, 5) is 31.7. The Labute approximate surface area is 201 Å². The van der Waals surface area contributed by atoms with Crippen LogP contribution in [0.15, 0.2) is 74.2 Å². The van der Waals surface area contributed by atoms with Crippen molar-refractivity contribution in [2.24, 2.45) is 4.99 Å². The molecule has 1 atom stereocenters. The average molecular weight is 479 g/mol. The second kappa shape index (κ2) is 10.1. The third-order valence-corrected chi connectivity index (χ3v) is 6.15. The van der Waals surface area contributed by atoms with Gasteiger partial charge in [0.25, 0.3) is 5.56 Å². The van der Waals surface area contributed by atoms with Crippen molar-refractivity contribution in [3.63, 3.8) is 0 Å². The van der Waals surface area contributed by atoms with E-state index in [2.05, 4.69) is 4.99 Å². The Morgan fingerprint density at radius 3 is 2.76 bits per heavy atom. The molecule has 1 aliphatic heterocycles. The first-order valence-electron chi connectivity index (χ1n) is 11.1. The van der Waals surface area contributed by atoms with Gasteiger partial charge in [-0.2, -0.15) is 0 Å². The number of nitrogens with zero attached hydrogens (tertiary/aromatic N) is 2. The van der Waals surface area contributed by atoms with Gasteiger partial charge in [-0.3, -0.25) is 9.36 Å². The Bertz CT molecular complexity index is 1420. The minimum Gasteiger partial charge on any atom is -0.491 e. The van der Waals surface area contributed by atoms with Crippen LogP contribution in [0.2, 0.25) is 0 Å². The lowest BCUT2D eigenvalue weighted by atomic mass is 9.95. The topological polar surface area (TPSA) is 83.0 Å². The summed E-state index contributed by atoms with van der Waals surface area (Å²) in [5.41, 5.74) is 1.30. The van der Waals surface area contributed by atoms with Gasteiger partial charge in [0, 0.05) is 5.56 Å². The maximum absolute atomic E-state index is 13.6. The standard InChI is InChI=1S/C26H26N2O5S/c1-5-31-25(30)22-17(4)27-26-28(23(22)19-12-6-7-13-20(19)33-16(2)3)24(29)21(34-26)14-8-10-18-11-9-15-32-18/h6-16,23H,5H2,1-4H3/b10-8+,21-14+/t23-/m0/s1. The first-order valence-corrected chi connectivity index (χ1v) is 11.9. The van der Waals surface area contributed by atoms with Gasteiger partial charge in [0.15, 0.2) is 4.80 Å². The number of ether oxygens (including phenoxy) is 2. The first-order chi connectivity index (χ1) is 16.4. The van der Waals surface area contributed by atoms with Crippen LogP contribution < -0.4 is 19.6 Å². The summed E-state index contributed by atoms with van der Waals surface area (Å²) in [6.07, 6.45) is 6.76. The minimum atomic E-state index is -0.721. The fourth-order valence-corrected chi connectivity index (χ4v) is 4.78. The number of fused-ring (bicyclic) bond motifs is 1. The number of rotatable bonds is 7. The summed E-state index contributed by atoms with van der Waals surface area (Å²) in [7, 11) is 0. The summed E-state index contributed by atoms with van der Waals surface area (Å²) in [6, 6.07) is 10.3. The van der Waals surface area contributed by atoms with Crippen LogP contribution in [0.3, 0.4) is 0 Å². The molecule has 1 aromatic carbocycles. The highest BCUT2D eigenvalue weighted by atomic mass is 32.1. The van der Waals surface area contributed by atoms with Crippen molar-refractivity contribution in [3.8, 4) is 5.75 Å². The smallest absolute Gasteiger partial charge is 0.338 e. The van der Waals surface area contributed by atoms with Crippen LogP contribution in [-0.2, 0) is 9.53 Å². The van der Waals surface area contributed by atoms with Gasteiger partial charge >= 0.3 is 5.97 Å². The van der Waals surface area contributed by atoms with Crippen LogP contribution in [-0.4, -0.2) is 23.2 Å². The molecule has 0 spiro atoms. The molecule has 34 heavy (non-hydrogen) atoms. The zero-order chi connectivity index (χ0) is 24.2. The van der Waals surface area contributed by atoms with E-state index in [4.69, 9.17) is 13.9 Å². The molecule has 0 saturated carbocycles. The molecule has 0 N–H and O–H groups in total. The van der Waals surface area contributed by atoms with Gasteiger partial charge < -0.3 is 13.9 Å². The van der Waals surface area contributed by atoms with Crippen molar-refractivity contribution >= 4 is 29.5 Å². The molecule has 8 heteroatoms. The largest absolute Gasteiger partial charge is 0.491 e. The third-order valence-electron chi connectivity index (χ3n) is 5.14. The fourth-order valence-electron chi connectivity index (χ4n) is 3.78. The lowest BCUT2D eigenvalue weighted by molar-refractivity contribution is -0.139. The van der Waals surface area contributed by atoms with E-state index in [1.807, 2.05) is 44.2 Å². The van der Waals surface area contributed by atoms with Gasteiger partial charge in [0.05, 0.1) is 34.8 Å². The average Bonchev–Trinajstić information content (AvgIpc) is 3.41. The van der Waals surface area contributed by atoms with E-state index in [0.717, 1.165) is 0 Å². The normalized spacial score (nSPS) is 16.1. The van der Waals surface area contributed by atoms with E-state index in [1.54, 1.807) is 49.0 Å². The highest BCUT2D eigenvalue weighted by molar-refractivity contribution is 7.07. The van der Waals surface area contributed by atoms with Crippen molar-refractivity contribution in [3.05, 3.63) is 91.0 Å². The van der Waals surface area contributed by atoms with Crippen molar-refractivity contribution < 1.29 is 18.7 Å². The van der Waals surface area contributed by atoms with Crippen molar-refractivity contribution in [2.75, 3.05) is 6.61 Å². The number of thiazole rings is 1. The van der Waals surface area contributed by atoms with Crippen molar-refractivity contribution in [1.82, 2.24) is 4.57 Å². The summed E-state index contributed by atoms with van der Waals surface area (Å²) < 4.78 is 18.7. The lowest BCUT2D eigenvalue weighted by Crippen LogP contribution is -2.40. The van der Waals surface area contributed by atoms with Gasteiger partial charge in [-0.25, -0.2) is 9.79 Å². The Morgan fingerprint density at radius 2 is 2.06 bits per heavy atom. The molecule has 0 aliphatic carbocycles. The van der Waals surface area contributed by atoms with Gasteiger partial charge in [0.1, 0.15) is 17.6 Å². The number of carbonyl (C=O) groups is 1. The number of hydrogen-bond donors (Lipinski definition) is 0. The second-order valence-electron chi connectivity index (χ2n) is 7.90. The Morgan fingerprint density at radius 1 is 1.26 bits per heavy atom. The van der Waals surface area contributed by atoms with Crippen molar-refractivity contribution in [1.29, 1.82) is 0 Å². The predicted octanol–water partition coefficient (Wildman–Crippen LogP) is 3.84. The molecule has 3 aromatic rings. The molecule has 1 aliphatic rings. The molecule has 0 bridgehead atoms. The molecule has 0 saturated heterocycles.